The first-order valence-corrected chi connectivity index (χ1v) is 6.97. The summed E-state index contributed by atoms with van der Waals surface area (Å²) in [6, 6.07) is 5.55. The highest BCUT2D eigenvalue weighted by Crippen LogP contribution is 2.26. The predicted molar refractivity (Wildman–Crippen MR) is 73.3 cm³/mol. The highest BCUT2D eigenvalue weighted by molar-refractivity contribution is 5.94. The van der Waals surface area contributed by atoms with E-state index >= 15 is 0 Å². The summed E-state index contributed by atoms with van der Waals surface area (Å²) in [5.41, 5.74) is 1.43. The van der Waals surface area contributed by atoms with Gasteiger partial charge in [-0.15, -0.1) is 0 Å². The van der Waals surface area contributed by atoms with E-state index in [-0.39, 0.29) is 11.7 Å². The molecule has 4 nitrogen and oxygen atoms in total. The van der Waals surface area contributed by atoms with E-state index in [9.17, 15) is 9.90 Å². The summed E-state index contributed by atoms with van der Waals surface area (Å²) in [5, 5.41) is 13.0. The van der Waals surface area contributed by atoms with Crippen molar-refractivity contribution in [1.82, 2.24) is 10.2 Å². The normalized spacial score (nSPS) is 26.3. The molecule has 3 rings (SSSR count). The van der Waals surface area contributed by atoms with Gasteiger partial charge in [0.15, 0.2) is 0 Å². The summed E-state index contributed by atoms with van der Waals surface area (Å²) in [5.74, 6) is 0.934. The molecule has 1 aromatic rings. The first-order valence-electron chi connectivity index (χ1n) is 6.97. The Morgan fingerprint density at radius 3 is 3.00 bits per heavy atom. The van der Waals surface area contributed by atoms with E-state index in [1.54, 1.807) is 18.2 Å². The van der Waals surface area contributed by atoms with Crippen molar-refractivity contribution in [1.29, 1.82) is 0 Å². The van der Waals surface area contributed by atoms with Gasteiger partial charge in [-0.3, -0.25) is 4.79 Å². The molecule has 4 heteroatoms. The van der Waals surface area contributed by atoms with Gasteiger partial charge < -0.3 is 15.3 Å². The zero-order chi connectivity index (χ0) is 13.4. The third-order valence-corrected chi connectivity index (χ3v) is 4.33. The Kier molecular flexibility index (Phi) is 3.19. The lowest BCUT2D eigenvalue weighted by atomic mass is 9.94. The molecule has 2 aliphatic rings. The van der Waals surface area contributed by atoms with Gasteiger partial charge in [0, 0.05) is 24.7 Å². The highest BCUT2D eigenvalue weighted by Gasteiger charge is 2.36. The van der Waals surface area contributed by atoms with Gasteiger partial charge in [-0.2, -0.15) is 0 Å². The van der Waals surface area contributed by atoms with Crippen molar-refractivity contribution < 1.29 is 9.90 Å². The van der Waals surface area contributed by atoms with Crippen LogP contribution in [-0.4, -0.2) is 41.6 Å². The second-order valence-corrected chi connectivity index (χ2v) is 5.67. The number of nitrogens with zero attached hydrogens (tertiary/aromatic N) is 1. The van der Waals surface area contributed by atoms with Gasteiger partial charge in [0.25, 0.3) is 5.91 Å². The number of amides is 1. The lowest BCUT2D eigenvalue weighted by Gasteiger charge is -2.24. The molecule has 2 heterocycles. The number of aryl methyl sites for hydroxylation is 1. The van der Waals surface area contributed by atoms with Gasteiger partial charge in [-0.25, -0.2) is 0 Å². The third kappa shape index (κ3) is 2.32. The molecule has 0 unspecified atom stereocenters. The van der Waals surface area contributed by atoms with Crippen LogP contribution < -0.4 is 5.32 Å². The standard InChI is InChI=1S/C15H20N2O2/c1-10-7-11(4-5-14(10)18)15(19)17-8-12-3-2-6-16-13(12)9-17/h4-5,7,12-13,16,18H,2-3,6,8-9H2,1H3/t12-,13+/m0/s1. The topological polar surface area (TPSA) is 52.6 Å². The van der Waals surface area contributed by atoms with Crippen molar-refractivity contribution in [2.24, 2.45) is 5.92 Å². The predicted octanol–water partition coefficient (Wildman–Crippen LogP) is 1.52. The number of phenolic OH excluding ortho intramolecular Hbond substituents is 1. The average Bonchev–Trinajstić information content (AvgIpc) is 2.85. The number of phenols is 1. The van der Waals surface area contributed by atoms with E-state index in [2.05, 4.69) is 5.32 Å². The number of benzene rings is 1. The molecular formula is C15H20N2O2. The number of hydrogen-bond acceptors (Lipinski definition) is 3. The van der Waals surface area contributed by atoms with E-state index in [0.717, 1.165) is 25.2 Å². The molecule has 0 aromatic heterocycles. The molecule has 0 radical (unpaired) electrons. The Bertz CT molecular complexity index is 487. The average molecular weight is 260 g/mol. The number of carbonyl (C=O) groups excluding carboxylic acids is 1. The van der Waals surface area contributed by atoms with Crippen LogP contribution in [0.1, 0.15) is 28.8 Å². The number of likely N-dealkylation sites (tertiary alicyclic amines) is 1. The number of piperidine rings is 1. The molecule has 0 aliphatic carbocycles. The second-order valence-electron chi connectivity index (χ2n) is 5.67. The number of hydrogen-bond donors (Lipinski definition) is 2. The van der Waals surface area contributed by atoms with Gasteiger partial charge in [0.05, 0.1) is 0 Å². The number of fused-ring (bicyclic) bond motifs is 1. The molecule has 0 spiro atoms. The van der Waals surface area contributed by atoms with Gasteiger partial charge in [0.1, 0.15) is 5.75 Å². The minimum Gasteiger partial charge on any atom is -0.508 e. The highest BCUT2D eigenvalue weighted by atomic mass is 16.3. The number of nitrogens with one attached hydrogen (secondary N) is 1. The number of rotatable bonds is 1. The SMILES string of the molecule is Cc1cc(C(=O)N2C[C@@H]3CCCN[C@@H]3C2)ccc1O. The fourth-order valence-corrected chi connectivity index (χ4v) is 3.18. The Hall–Kier alpha value is -1.55. The van der Waals surface area contributed by atoms with E-state index < -0.39 is 0 Å². The summed E-state index contributed by atoms with van der Waals surface area (Å²) < 4.78 is 0. The fourth-order valence-electron chi connectivity index (χ4n) is 3.18. The lowest BCUT2D eigenvalue weighted by molar-refractivity contribution is 0.0785. The first-order chi connectivity index (χ1) is 9.15. The van der Waals surface area contributed by atoms with Crippen molar-refractivity contribution >= 4 is 5.91 Å². The maximum Gasteiger partial charge on any atom is 0.253 e. The Morgan fingerprint density at radius 1 is 1.42 bits per heavy atom. The van der Waals surface area contributed by atoms with Crippen LogP contribution in [0.25, 0.3) is 0 Å². The maximum absolute atomic E-state index is 12.5. The van der Waals surface area contributed by atoms with Crippen LogP contribution in [0.2, 0.25) is 0 Å². The van der Waals surface area contributed by atoms with Crippen LogP contribution in [0.5, 0.6) is 5.75 Å². The minimum atomic E-state index is 0.0827. The zero-order valence-corrected chi connectivity index (χ0v) is 11.2. The quantitative estimate of drug-likeness (QED) is 0.805. The van der Waals surface area contributed by atoms with Crippen molar-refractivity contribution in [3.63, 3.8) is 0 Å². The third-order valence-electron chi connectivity index (χ3n) is 4.33. The van der Waals surface area contributed by atoms with Crippen molar-refractivity contribution in [2.45, 2.75) is 25.8 Å². The van der Waals surface area contributed by atoms with Gasteiger partial charge in [-0.05, 0) is 56.0 Å². The minimum absolute atomic E-state index is 0.0827. The molecule has 102 valence electrons. The molecule has 0 bridgehead atoms. The van der Waals surface area contributed by atoms with Crippen LogP contribution >= 0.6 is 0 Å². The molecule has 2 N–H and O–H groups in total. The molecule has 19 heavy (non-hydrogen) atoms. The molecular weight excluding hydrogens is 240 g/mol. The molecule has 2 saturated heterocycles. The van der Waals surface area contributed by atoms with Gasteiger partial charge in [0.2, 0.25) is 0 Å². The lowest BCUT2D eigenvalue weighted by Crippen LogP contribution is -2.41. The summed E-state index contributed by atoms with van der Waals surface area (Å²) in [4.78, 5) is 14.4. The van der Waals surface area contributed by atoms with E-state index in [4.69, 9.17) is 0 Å². The Balaban J connectivity index is 1.75. The molecule has 1 aromatic carbocycles. The largest absolute Gasteiger partial charge is 0.508 e. The Labute approximate surface area is 113 Å². The smallest absolute Gasteiger partial charge is 0.253 e. The molecule has 0 saturated carbocycles. The second kappa shape index (κ2) is 4.85. The molecule has 2 fully saturated rings. The van der Waals surface area contributed by atoms with Crippen LogP contribution in [-0.2, 0) is 0 Å². The molecule has 2 atom stereocenters. The van der Waals surface area contributed by atoms with Crippen molar-refractivity contribution in [3.8, 4) is 5.75 Å². The summed E-state index contributed by atoms with van der Waals surface area (Å²) in [6.07, 6.45) is 2.43. The fraction of sp³-hybridized carbons (Fsp3) is 0.533. The summed E-state index contributed by atoms with van der Waals surface area (Å²) in [7, 11) is 0. The van der Waals surface area contributed by atoms with Crippen LogP contribution in [0, 0.1) is 12.8 Å². The van der Waals surface area contributed by atoms with E-state index in [0.29, 0.717) is 17.5 Å². The van der Waals surface area contributed by atoms with Crippen LogP contribution in [0.3, 0.4) is 0 Å². The maximum atomic E-state index is 12.5. The summed E-state index contributed by atoms with van der Waals surface area (Å²) in [6.45, 7) is 4.55. The first kappa shape index (κ1) is 12.5. The van der Waals surface area contributed by atoms with Crippen LogP contribution in [0.15, 0.2) is 18.2 Å². The monoisotopic (exact) mass is 260 g/mol. The van der Waals surface area contributed by atoms with Gasteiger partial charge in [-0.1, -0.05) is 0 Å². The van der Waals surface area contributed by atoms with Crippen molar-refractivity contribution in [2.75, 3.05) is 19.6 Å². The molecule has 2 aliphatic heterocycles. The Morgan fingerprint density at radius 2 is 2.26 bits per heavy atom. The van der Waals surface area contributed by atoms with Crippen LogP contribution in [0.4, 0.5) is 0 Å². The summed E-state index contributed by atoms with van der Waals surface area (Å²) >= 11 is 0. The molecule has 1 amide bonds. The number of aromatic hydroxyl groups is 1. The van der Waals surface area contributed by atoms with Gasteiger partial charge >= 0.3 is 0 Å². The van der Waals surface area contributed by atoms with E-state index in [1.165, 1.54) is 12.8 Å². The number of carbonyl (C=O) groups is 1. The zero-order valence-electron chi connectivity index (χ0n) is 11.2. The van der Waals surface area contributed by atoms with Crippen molar-refractivity contribution in [3.05, 3.63) is 29.3 Å². The van der Waals surface area contributed by atoms with E-state index in [1.807, 2.05) is 11.8 Å².